The van der Waals surface area contributed by atoms with Crippen molar-refractivity contribution < 1.29 is 0 Å². The van der Waals surface area contributed by atoms with Gasteiger partial charge in [-0.1, -0.05) is 176 Å². The Balaban J connectivity index is 1.29. The molecule has 0 saturated heterocycles. The molecule has 0 unspecified atom stereocenters. The molecule has 12 rings (SSSR count). The quantitative estimate of drug-likeness (QED) is 0.177. The number of rotatable bonds is 6. The summed E-state index contributed by atoms with van der Waals surface area (Å²) in [5.41, 5.74) is 18.7. The van der Waals surface area contributed by atoms with E-state index in [-0.39, 0.29) is 0 Å². The second-order valence-electron chi connectivity index (χ2n) is 15.7. The van der Waals surface area contributed by atoms with Gasteiger partial charge in [0.15, 0.2) is 0 Å². The van der Waals surface area contributed by atoms with E-state index in [1.165, 1.54) is 88.3 Å². The summed E-state index contributed by atoms with van der Waals surface area (Å²) < 4.78 is 0. The molecule has 2 N–H and O–H groups in total. The summed E-state index contributed by atoms with van der Waals surface area (Å²) in [4.78, 5) is 0. The van der Waals surface area contributed by atoms with Crippen LogP contribution in [0.3, 0.4) is 0 Å². The van der Waals surface area contributed by atoms with Crippen LogP contribution < -0.4 is 10.6 Å². The van der Waals surface area contributed by atoms with E-state index in [4.69, 9.17) is 0 Å². The molecule has 1 spiro atoms. The minimum Gasteiger partial charge on any atom is -0.356 e. The van der Waals surface area contributed by atoms with Gasteiger partial charge in [-0.25, -0.2) is 0 Å². The number of hydrogen-bond donors (Lipinski definition) is 2. The molecule has 59 heavy (non-hydrogen) atoms. The Hall–Kier alpha value is -7.68. The predicted octanol–water partition coefficient (Wildman–Crippen LogP) is 15.2. The van der Waals surface area contributed by atoms with Crippen LogP contribution in [-0.2, 0) is 5.41 Å². The summed E-state index contributed by atoms with van der Waals surface area (Å²) in [7, 11) is 0. The van der Waals surface area contributed by atoms with E-state index in [2.05, 4.69) is 229 Å². The third kappa shape index (κ3) is 5.00. The molecule has 0 heterocycles. The Morgan fingerprint density at radius 1 is 0.288 bits per heavy atom. The van der Waals surface area contributed by atoms with Gasteiger partial charge in [-0.15, -0.1) is 0 Å². The zero-order valence-electron chi connectivity index (χ0n) is 32.3. The van der Waals surface area contributed by atoms with Crippen molar-refractivity contribution in [1.82, 2.24) is 0 Å². The van der Waals surface area contributed by atoms with E-state index in [1.54, 1.807) is 0 Å². The molecular weight excluding hydrogens is 713 g/mol. The Morgan fingerprint density at radius 2 is 0.780 bits per heavy atom. The Bertz CT molecular complexity index is 3220. The van der Waals surface area contributed by atoms with E-state index >= 15 is 0 Å². The first kappa shape index (κ1) is 33.5. The van der Waals surface area contributed by atoms with Crippen LogP contribution in [0.2, 0.25) is 0 Å². The van der Waals surface area contributed by atoms with E-state index in [1.807, 2.05) is 0 Å². The smallest absolute Gasteiger partial charge is 0.0733 e. The van der Waals surface area contributed by atoms with E-state index in [9.17, 15) is 0 Å². The first-order valence-electron chi connectivity index (χ1n) is 20.4. The summed E-state index contributed by atoms with van der Waals surface area (Å²) in [5.74, 6) is 0. The summed E-state index contributed by atoms with van der Waals surface area (Å²) in [6, 6.07) is 80.1. The van der Waals surface area contributed by atoms with E-state index < -0.39 is 5.41 Å². The highest BCUT2D eigenvalue weighted by atomic mass is 14.9. The Morgan fingerprint density at radius 3 is 1.44 bits per heavy atom. The molecule has 10 aromatic rings. The van der Waals surface area contributed by atoms with Crippen molar-refractivity contribution in [3.63, 3.8) is 0 Å². The third-order valence-corrected chi connectivity index (χ3v) is 12.6. The van der Waals surface area contributed by atoms with Crippen molar-refractivity contribution in [3.8, 4) is 44.5 Å². The van der Waals surface area contributed by atoms with Gasteiger partial charge in [-0.2, -0.15) is 0 Å². The molecule has 0 saturated carbocycles. The van der Waals surface area contributed by atoms with Crippen molar-refractivity contribution >= 4 is 44.3 Å². The van der Waals surface area contributed by atoms with Crippen LogP contribution in [0.5, 0.6) is 0 Å². The van der Waals surface area contributed by atoms with Gasteiger partial charge in [0.2, 0.25) is 0 Å². The normalized spacial score (nSPS) is 12.9. The minimum absolute atomic E-state index is 0.622. The van der Waals surface area contributed by atoms with Crippen LogP contribution in [0.4, 0.5) is 22.7 Å². The average molecular weight is 751 g/mol. The van der Waals surface area contributed by atoms with Crippen LogP contribution in [-0.4, -0.2) is 0 Å². The fourth-order valence-electron chi connectivity index (χ4n) is 10.3. The molecule has 0 radical (unpaired) electrons. The van der Waals surface area contributed by atoms with E-state index in [0.29, 0.717) is 0 Å². The first-order valence-corrected chi connectivity index (χ1v) is 20.4. The van der Waals surface area contributed by atoms with Gasteiger partial charge in [0, 0.05) is 28.2 Å². The fourth-order valence-corrected chi connectivity index (χ4v) is 10.3. The molecule has 276 valence electrons. The van der Waals surface area contributed by atoms with Gasteiger partial charge >= 0.3 is 0 Å². The zero-order chi connectivity index (χ0) is 38.9. The van der Waals surface area contributed by atoms with Crippen molar-refractivity contribution in [2.45, 2.75) is 5.41 Å². The molecule has 0 atom stereocenters. The van der Waals surface area contributed by atoms with Crippen molar-refractivity contribution in [2.24, 2.45) is 0 Å². The maximum atomic E-state index is 4.11. The van der Waals surface area contributed by atoms with Crippen LogP contribution >= 0.6 is 0 Å². The van der Waals surface area contributed by atoms with Crippen LogP contribution in [0.1, 0.15) is 22.3 Å². The van der Waals surface area contributed by atoms with Gasteiger partial charge in [-0.05, 0) is 120 Å². The second-order valence-corrected chi connectivity index (χ2v) is 15.7. The van der Waals surface area contributed by atoms with Crippen molar-refractivity contribution in [1.29, 1.82) is 0 Å². The standard InChI is InChI=1S/C57H38N2/c1-3-21-39(22-4-1)58-41-33-34-47-49-36-50(44-29-15-19-37-17-7-9-25-42(37)44)56(59-40-23-5-2-6-24-40)54(48-30-16-20-38-18-8-10-26-43(38)48)55(49)57(53(47)35-41)51-31-13-11-27-45(51)46-28-12-14-32-52(46)57/h1-36,58-59H. The van der Waals surface area contributed by atoms with Gasteiger partial charge < -0.3 is 10.6 Å². The summed E-state index contributed by atoms with van der Waals surface area (Å²) in [6.45, 7) is 0. The molecule has 2 heteroatoms. The number of fused-ring (bicyclic) bond motifs is 12. The lowest BCUT2D eigenvalue weighted by Crippen LogP contribution is -2.27. The lowest BCUT2D eigenvalue weighted by Gasteiger charge is -2.34. The molecule has 0 aliphatic heterocycles. The maximum Gasteiger partial charge on any atom is 0.0733 e. The maximum absolute atomic E-state index is 4.11. The Labute approximate surface area is 344 Å². The monoisotopic (exact) mass is 750 g/mol. The number of hydrogen-bond acceptors (Lipinski definition) is 2. The van der Waals surface area contributed by atoms with Gasteiger partial charge in [-0.3, -0.25) is 0 Å². The Kier molecular flexibility index (Phi) is 7.48. The SMILES string of the molecule is c1ccc(Nc2ccc3c(c2)C2(c4ccccc4-c4ccccc42)c2c-3cc(-c3cccc4ccccc34)c(Nc3ccccc3)c2-c2cccc3ccccc23)cc1. The number of para-hydroxylation sites is 2. The molecule has 0 amide bonds. The molecule has 0 aromatic heterocycles. The highest BCUT2D eigenvalue weighted by Crippen LogP contribution is 2.67. The van der Waals surface area contributed by atoms with Crippen LogP contribution in [0.25, 0.3) is 66.1 Å². The summed E-state index contributed by atoms with van der Waals surface area (Å²) in [5, 5.41) is 12.8. The summed E-state index contributed by atoms with van der Waals surface area (Å²) >= 11 is 0. The largest absolute Gasteiger partial charge is 0.356 e. The average Bonchev–Trinajstić information content (AvgIpc) is 3.76. The fraction of sp³-hybridized carbons (Fsp3) is 0.0175. The molecule has 0 bridgehead atoms. The highest BCUT2D eigenvalue weighted by Gasteiger charge is 2.53. The highest BCUT2D eigenvalue weighted by molar-refractivity contribution is 6.13. The number of anilines is 4. The van der Waals surface area contributed by atoms with Crippen molar-refractivity contribution in [2.75, 3.05) is 10.6 Å². The molecule has 2 aliphatic rings. The van der Waals surface area contributed by atoms with Crippen LogP contribution in [0.15, 0.2) is 218 Å². The summed E-state index contributed by atoms with van der Waals surface area (Å²) in [6.07, 6.45) is 0. The number of nitrogens with one attached hydrogen (secondary N) is 2. The molecule has 0 fully saturated rings. The third-order valence-electron chi connectivity index (χ3n) is 12.6. The molecule has 2 aliphatic carbocycles. The lowest BCUT2D eigenvalue weighted by molar-refractivity contribution is 0.796. The second kappa shape index (κ2) is 13.2. The molecular formula is C57H38N2. The molecule has 2 nitrogen and oxygen atoms in total. The predicted molar refractivity (Wildman–Crippen MR) is 248 cm³/mol. The van der Waals surface area contributed by atoms with Gasteiger partial charge in [0.05, 0.1) is 11.1 Å². The molecule has 10 aromatic carbocycles. The minimum atomic E-state index is -0.622. The lowest BCUT2D eigenvalue weighted by atomic mass is 9.67. The van der Waals surface area contributed by atoms with Crippen LogP contribution in [0, 0.1) is 0 Å². The number of benzene rings is 10. The topological polar surface area (TPSA) is 24.1 Å². The zero-order valence-corrected chi connectivity index (χ0v) is 32.3. The van der Waals surface area contributed by atoms with Gasteiger partial charge in [0.25, 0.3) is 0 Å². The first-order chi connectivity index (χ1) is 29.3. The van der Waals surface area contributed by atoms with E-state index in [0.717, 1.165) is 22.7 Å². The van der Waals surface area contributed by atoms with Crippen molar-refractivity contribution in [3.05, 3.63) is 241 Å². The van der Waals surface area contributed by atoms with Gasteiger partial charge in [0.1, 0.15) is 0 Å².